The number of rotatable bonds is 2. The van der Waals surface area contributed by atoms with Gasteiger partial charge in [0.15, 0.2) is 17.3 Å². The third-order valence-electron chi connectivity index (χ3n) is 2.34. The van der Waals surface area contributed by atoms with Crippen molar-refractivity contribution < 1.29 is 17.6 Å². The molecular formula is C11H8ClF3N2O. The maximum absolute atomic E-state index is 12.8. The maximum atomic E-state index is 12.8. The Hall–Kier alpha value is -1.56. The van der Waals surface area contributed by atoms with Crippen molar-refractivity contribution in [2.45, 2.75) is 19.0 Å². The molecule has 0 spiro atoms. The third-order valence-corrected chi connectivity index (χ3v) is 2.63. The SMILES string of the molecule is Cc1ccoc1-c1ncc(CCl)c(C(F)(F)F)n1. The van der Waals surface area contributed by atoms with Gasteiger partial charge in [0.1, 0.15) is 0 Å². The lowest BCUT2D eigenvalue weighted by molar-refractivity contribution is -0.141. The minimum atomic E-state index is -4.57. The second kappa shape index (κ2) is 4.61. The van der Waals surface area contributed by atoms with Crippen molar-refractivity contribution in [3.63, 3.8) is 0 Å². The first-order chi connectivity index (χ1) is 8.43. The Bertz CT molecular complexity index is 566. The predicted octanol–water partition coefficient (Wildman–Crippen LogP) is 3.80. The van der Waals surface area contributed by atoms with Crippen LogP contribution in [0.5, 0.6) is 0 Å². The van der Waals surface area contributed by atoms with E-state index in [1.807, 2.05) is 0 Å². The third kappa shape index (κ3) is 2.33. The lowest BCUT2D eigenvalue weighted by Gasteiger charge is -2.10. The van der Waals surface area contributed by atoms with Gasteiger partial charge < -0.3 is 4.42 Å². The number of hydrogen-bond donors (Lipinski definition) is 0. The zero-order valence-electron chi connectivity index (χ0n) is 9.25. The van der Waals surface area contributed by atoms with Gasteiger partial charge in [-0.2, -0.15) is 13.2 Å². The molecule has 2 aromatic heterocycles. The average Bonchev–Trinajstić information content (AvgIpc) is 2.73. The standard InChI is InChI=1S/C11H8ClF3N2O/c1-6-2-3-18-8(6)10-16-5-7(4-12)9(17-10)11(13,14)15/h2-3,5H,4H2,1H3. The zero-order valence-corrected chi connectivity index (χ0v) is 10.0. The van der Waals surface area contributed by atoms with Crippen LogP contribution in [-0.2, 0) is 12.1 Å². The largest absolute Gasteiger partial charge is 0.461 e. The fourth-order valence-electron chi connectivity index (χ4n) is 1.46. The Balaban J connectivity index is 2.57. The van der Waals surface area contributed by atoms with Gasteiger partial charge in [-0.1, -0.05) is 0 Å². The van der Waals surface area contributed by atoms with Crippen LogP contribution in [0.4, 0.5) is 13.2 Å². The van der Waals surface area contributed by atoms with Gasteiger partial charge in [-0.05, 0) is 18.6 Å². The monoisotopic (exact) mass is 276 g/mol. The quantitative estimate of drug-likeness (QED) is 0.783. The highest BCUT2D eigenvalue weighted by Crippen LogP contribution is 2.32. The number of alkyl halides is 4. The summed E-state index contributed by atoms with van der Waals surface area (Å²) in [6.07, 6.45) is -2.13. The summed E-state index contributed by atoms with van der Waals surface area (Å²) in [7, 11) is 0. The molecule has 0 aromatic carbocycles. The molecule has 0 saturated heterocycles. The van der Waals surface area contributed by atoms with E-state index in [9.17, 15) is 13.2 Å². The van der Waals surface area contributed by atoms with E-state index in [1.54, 1.807) is 13.0 Å². The molecule has 0 aliphatic rings. The second-order valence-electron chi connectivity index (χ2n) is 3.63. The first kappa shape index (κ1) is 12.9. The van der Waals surface area contributed by atoms with Crippen molar-refractivity contribution in [1.29, 1.82) is 0 Å². The number of halogens is 4. The smallest absolute Gasteiger partial charge is 0.433 e. The highest BCUT2D eigenvalue weighted by Gasteiger charge is 2.36. The maximum Gasteiger partial charge on any atom is 0.433 e. The van der Waals surface area contributed by atoms with Gasteiger partial charge in [0.25, 0.3) is 0 Å². The van der Waals surface area contributed by atoms with Gasteiger partial charge in [-0.25, -0.2) is 9.97 Å². The summed E-state index contributed by atoms with van der Waals surface area (Å²) in [6, 6.07) is 1.63. The highest BCUT2D eigenvalue weighted by atomic mass is 35.5. The molecule has 0 atom stereocenters. The van der Waals surface area contributed by atoms with Gasteiger partial charge in [0.05, 0.1) is 12.1 Å². The summed E-state index contributed by atoms with van der Waals surface area (Å²) in [6.45, 7) is 1.70. The fraction of sp³-hybridized carbons (Fsp3) is 0.273. The van der Waals surface area contributed by atoms with Crippen LogP contribution >= 0.6 is 11.6 Å². The van der Waals surface area contributed by atoms with Crippen molar-refractivity contribution in [3.8, 4) is 11.6 Å². The zero-order chi connectivity index (χ0) is 13.3. The summed E-state index contributed by atoms with van der Waals surface area (Å²) >= 11 is 5.44. The Morgan fingerprint density at radius 2 is 2.11 bits per heavy atom. The van der Waals surface area contributed by atoms with E-state index in [2.05, 4.69) is 9.97 Å². The Labute approximate surface area is 106 Å². The van der Waals surface area contributed by atoms with Crippen LogP contribution in [0.15, 0.2) is 22.9 Å². The fourth-order valence-corrected chi connectivity index (χ4v) is 1.66. The molecule has 7 heteroatoms. The molecule has 0 amide bonds. The Morgan fingerprint density at radius 1 is 1.39 bits per heavy atom. The Morgan fingerprint density at radius 3 is 2.61 bits per heavy atom. The Kier molecular flexibility index (Phi) is 3.30. The van der Waals surface area contributed by atoms with E-state index in [1.165, 1.54) is 6.26 Å². The number of aryl methyl sites for hydroxylation is 1. The molecule has 0 fully saturated rings. The van der Waals surface area contributed by atoms with E-state index in [0.29, 0.717) is 5.56 Å². The van der Waals surface area contributed by atoms with Crippen molar-refractivity contribution >= 4 is 11.6 Å². The average molecular weight is 277 g/mol. The van der Waals surface area contributed by atoms with Crippen molar-refractivity contribution in [3.05, 3.63) is 35.3 Å². The number of furan rings is 1. The molecule has 0 saturated carbocycles. The van der Waals surface area contributed by atoms with E-state index in [4.69, 9.17) is 16.0 Å². The van der Waals surface area contributed by atoms with Crippen molar-refractivity contribution in [2.24, 2.45) is 0 Å². The first-order valence-corrected chi connectivity index (χ1v) is 5.50. The molecule has 2 rings (SSSR count). The molecule has 0 aliphatic carbocycles. The number of aromatic nitrogens is 2. The summed E-state index contributed by atoms with van der Waals surface area (Å²) in [5, 5.41) is 0. The summed E-state index contributed by atoms with van der Waals surface area (Å²) in [4.78, 5) is 7.34. The molecule has 3 nitrogen and oxygen atoms in total. The van der Waals surface area contributed by atoms with E-state index in [-0.39, 0.29) is 23.0 Å². The van der Waals surface area contributed by atoms with Crippen LogP contribution in [0.25, 0.3) is 11.6 Å². The molecule has 0 radical (unpaired) electrons. The van der Waals surface area contributed by atoms with Gasteiger partial charge >= 0.3 is 6.18 Å². The minimum Gasteiger partial charge on any atom is -0.461 e. The first-order valence-electron chi connectivity index (χ1n) is 4.97. The molecule has 2 aromatic rings. The normalized spacial score (nSPS) is 11.8. The van der Waals surface area contributed by atoms with Crippen LogP contribution in [0.3, 0.4) is 0 Å². The molecule has 0 N–H and O–H groups in total. The molecule has 0 bridgehead atoms. The van der Waals surface area contributed by atoms with Crippen LogP contribution in [0.1, 0.15) is 16.8 Å². The van der Waals surface area contributed by atoms with Gasteiger partial charge in [-0.15, -0.1) is 11.6 Å². The molecule has 0 aliphatic heterocycles. The molecule has 18 heavy (non-hydrogen) atoms. The van der Waals surface area contributed by atoms with Crippen molar-refractivity contribution in [2.75, 3.05) is 0 Å². The van der Waals surface area contributed by atoms with E-state index >= 15 is 0 Å². The van der Waals surface area contributed by atoms with Gasteiger partial charge in [0.2, 0.25) is 0 Å². The van der Waals surface area contributed by atoms with Crippen LogP contribution in [0.2, 0.25) is 0 Å². The lowest BCUT2D eigenvalue weighted by Crippen LogP contribution is -2.13. The lowest BCUT2D eigenvalue weighted by atomic mass is 10.2. The highest BCUT2D eigenvalue weighted by molar-refractivity contribution is 6.17. The van der Waals surface area contributed by atoms with Gasteiger partial charge in [-0.3, -0.25) is 0 Å². The number of nitrogens with zero attached hydrogens (tertiary/aromatic N) is 2. The van der Waals surface area contributed by atoms with E-state index in [0.717, 1.165) is 6.20 Å². The molecule has 2 heterocycles. The van der Waals surface area contributed by atoms with Crippen LogP contribution < -0.4 is 0 Å². The minimum absolute atomic E-state index is 0.0984. The second-order valence-corrected chi connectivity index (χ2v) is 3.90. The summed E-state index contributed by atoms with van der Waals surface area (Å²) in [5.41, 5.74) is -0.517. The molecule has 0 unspecified atom stereocenters. The van der Waals surface area contributed by atoms with Gasteiger partial charge in [0, 0.05) is 11.8 Å². The van der Waals surface area contributed by atoms with Crippen LogP contribution in [0, 0.1) is 6.92 Å². The summed E-state index contributed by atoms with van der Waals surface area (Å²) < 4.78 is 43.4. The van der Waals surface area contributed by atoms with Crippen molar-refractivity contribution in [1.82, 2.24) is 9.97 Å². The molecular weight excluding hydrogens is 269 g/mol. The van der Waals surface area contributed by atoms with Crippen LogP contribution in [-0.4, -0.2) is 9.97 Å². The predicted molar refractivity (Wildman–Crippen MR) is 59.0 cm³/mol. The summed E-state index contributed by atoms with van der Waals surface area (Å²) in [5.74, 6) is -0.174. The molecule has 96 valence electrons. The topological polar surface area (TPSA) is 38.9 Å². The van der Waals surface area contributed by atoms with E-state index < -0.39 is 11.9 Å². The number of hydrogen-bond acceptors (Lipinski definition) is 3.